The van der Waals surface area contributed by atoms with E-state index in [0.717, 1.165) is 33.8 Å². The molecule has 0 spiro atoms. The number of benzene rings is 2. The Hall–Kier alpha value is -2.62. The highest BCUT2D eigenvalue weighted by atomic mass is 16.5. The maximum Gasteiger partial charge on any atom is 0.128 e. The minimum Gasteiger partial charge on any atom is -0.497 e. The number of nitrogen functional groups attached to an aromatic ring is 1. The lowest BCUT2D eigenvalue weighted by Gasteiger charge is -2.06. The molecular formula is C16H16N2O2. The molecule has 0 aliphatic heterocycles. The Bertz CT molecular complexity index is 734. The van der Waals surface area contributed by atoms with Crippen molar-refractivity contribution in [2.24, 2.45) is 0 Å². The highest BCUT2D eigenvalue weighted by Gasteiger charge is 2.03. The van der Waals surface area contributed by atoms with Crippen molar-refractivity contribution in [1.29, 1.82) is 0 Å². The van der Waals surface area contributed by atoms with Gasteiger partial charge in [0.1, 0.15) is 18.1 Å². The average molecular weight is 268 g/mol. The molecule has 0 saturated carbocycles. The molecule has 3 rings (SSSR count). The first-order chi connectivity index (χ1) is 9.74. The van der Waals surface area contributed by atoms with E-state index in [0.29, 0.717) is 6.61 Å². The number of ether oxygens (including phenoxy) is 2. The maximum absolute atomic E-state index is 5.77. The minimum absolute atomic E-state index is 0.474. The summed E-state index contributed by atoms with van der Waals surface area (Å²) in [6.45, 7) is 0.474. The van der Waals surface area contributed by atoms with Gasteiger partial charge in [0.2, 0.25) is 0 Å². The molecule has 2 aromatic carbocycles. The van der Waals surface area contributed by atoms with Crippen LogP contribution in [0.1, 0.15) is 5.69 Å². The smallest absolute Gasteiger partial charge is 0.128 e. The van der Waals surface area contributed by atoms with Crippen molar-refractivity contribution in [3.05, 3.63) is 54.2 Å². The zero-order valence-corrected chi connectivity index (χ0v) is 11.2. The number of hydrogen-bond acceptors (Lipinski definition) is 3. The lowest BCUT2D eigenvalue weighted by atomic mass is 10.2. The quantitative estimate of drug-likeness (QED) is 0.713. The lowest BCUT2D eigenvalue weighted by molar-refractivity contribution is 0.300. The highest BCUT2D eigenvalue weighted by Crippen LogP contribution is 2.22. The topological polar surface area (TPSA) is 60.3 Å². The van der Waals surface area contributed by atoms with Crippen molar-refractivity contribution in [2.75, 3.05) is 12.8 Å². The summed E-state index contributed by atoms with van der Waals surface area (Å²) < 4.78 is 10.9. The fraction of sp³-hybridized carbons (Fsp3) is 0.125. The monoisotopic (exact) mass is 268 g/mol. The number of nitrogens with two attached hydrogens (primary N) is 1. The molecule has 1 aromatic heterocycles. The zero-order chi connectivity index (χ0) is 13.9. The van der Waals surface area contributed by atoms with Crippen LogP contribution in [0, 0.1) is 0 Å². The number of fused-ring (bicyclic) bond motifs is 1. The summed E-state index contributed by atoms with van der Waals surface area (Å²) in [6, 6.07) is 15.4. The van der Waals surface area contributed by atoms with Gasteiger partial charge in [0, 0.05) is 22.7 Å². The SMILES string of the molecule is COc1cccc(OCc2cc3cc(N)ccc3[nH]2)c1. The van der Waals surface area contributed by atoms with Crippen molar-refractivity contribution >= 4 is 16.6 Å². The molecule has 3 aromatic rings. The van der Waals surface area contributed by atoms with E-state index in [1.165, 1.54) is 0 Å². The summed E-state index contributed by atoms with van der Waals surface area (Å²) in [5, 5.41) is 1.09. The number of aromatic amines is 1. The fourth-order valence-electron chi connectivity index (χ4n) is 2.14. The average Bonchev–Trinajstić information content (AvgIpc) is 2.87. The van der Waals surface area contributed by atoms with Gasteiger partial charge in [-0.15, -0.1) is 0 Å². The molecule has 0 aliphatic carbocycles. The number of methoxy groups -OCH3 is 1. The molecule has 20 heavy (non-hydrogen) atoms. The molecule has 0 amide bonds. The molecular weight excluding hydrogens is 252 g/mol. The van der Waals surface area contributed by atoms with Crippen molar-refractivity contribution in [2.45, 2.75) is 6.61 Å². The number of anilines is 1. The summed E-state index contributed by atoms with van der Waals surface area (Å²) in [5.41, 5.74) is 8.60. The summed E-state index contributed by atoms with van der Waals surface area (Å²) in [4.78, 5) is 3.31. The van der Waals surface area contributed by atoms with Crippen LogP contribution in [0.3, 0.4) is 0 Å². The predicted octanol–water partition coefficient (Wildman–Crippen LogP) is 3.34. The summed E-state index contributed by atoms with van der Waals surface area (Å²) in [7, 11) is 1.64. The van der Waals surface area contributed by atoms with Gasteiger partial charge in [0.25, 0.3) is 0 Å². The molecule has 0 aliphatic rings. The van der Waals surface area contributed by atoms with Crippen LogP contribution < -0.4 is 15.2 Å². The van der Waals surface area contributed by atoms with E-state index in [-0.39, 0.29) is 0 Å². The molecule has 3 N–H and O–H groups in total. The van der Waals surface area contributed by atoms with Crippen LogP contribution in [-0.2, 0) is 6.61 Å². The van der Waals surface area contributed by atoms with Crippen LogP contribution in [0.25, 0.3) is 10.9 Å². The predicted molar refractivity (Wildman–Crippen MR) is 80.0 cm³/mol. The molecule has 0 bridgehead atoms. The Balaban J connectivity index is 1.76. The van der Waals surface area contributed by atoms with Crippen LogP contribution in [0.5, 0.6) is 11.5 Å². The van der Waals surface area contributed by atoms with Crippen LogP contribution in [0.4, 0.5) is 5.69 Å². The summed E-state index contributed by atoms with van der Waals surface area (Å²) in [5.74, 6) is 1.56. The van der Waals surface area contributed by atoms with E-state index in [2.05, 4.69) is 4.98 Å². The van der Waals surface area contributed by atoms with E-state index >= 15 is 0 Å². The van der Waals surface area contributed by atoms with Crippen LogP contribution in [0.15, 0.2) is 48.5 Å². The number of H-pyrrole nitrogens is 1. The Labute approximate surface area is 117 Å². The number of hydrogen-bond donors (Lipinski definition) is 2. The van der Waals surface area contributed by atoms with Gasteiger partial charge in [-0.2, -0.15) is 0 Å². The zero-order valence-electron chi connectivity index (χ0n) is 11.2. The third-order valence-electron chi connectivity index (χ3n) is 3.14. The molecule has 0 fully saturated rings. The lowest BCUT2D eigenvalue weighted by Crippen LogP contribution is -1.95. The summed E-state index contributed by atoms with van der Waals surface area (Å²) >= 11 is 0. The van der Waals surface area contributed by atoms with Gasteiger partial charge in [-0.3, -0.25) is 0 Å². The highest BCUT2D eigenvalue weighted by molar-refractivity contribution is 5.83. The van der Waals surface area contributed by atoms with E-state index in [4.69, 9.17) is 15.2 Å². The Kier molecular flexibility index (Phi) is 3.21. The van der Waals surface area contributed by atoms with Gasteiger partial charge >= 0.3 is 0 Å². The van der Waals surface area contributed by atoms with E-state index in [9.17, 15) is 0 Å². The van der Waals surface area contributed by atoms with Crippen LogP contribution in [0.2, 0.25) is 0 Å². The second-order valence-corrected chi connectivity index (χ2v) is 4.61. The normalized spacial score (nSPS) is 10.7. The third-order valence-corrected chi connectivity index (χ3v) is 3.14. The molecule has 102 valence electrons. The molecule has 0 atom stereocenters. The van der Waals surface area contributed by atoms with Crippen molar-refractivity contribution in [3.8, 4) is 11.5 Å². The van der Waals surface area contributed by atoms with Gasteiger partial charge in [-0.1, -0.05) is 6.07 Å². The van der Waals surface area contributed by atoms with Gasteiger partial charge in [-0.05, 0) is 36.4 Å². The standard InChI is InChI=1S/C16H16N2O2/c1-19-14-3-2-4-15(9-14)20-10-13-8-11-7-12(17)5-6-16(11)18-13/h2-9,18H,10,17H2,1H3. The Morgan fingerprint density at radius 3 is 2.75 bits per heavy atom. The van der Waals surface area contributed by atoms with Gasteiger partial charge < -0.3 is 20.2 Å². The van der Waals surface area contributed by atoms with Gasteiger partial charge in [0.15, 0.2) is 0 Å². The second-order valence-electron chi connectivity index (χ2n) is 4.61. The van der Waals surface area contributed by atoms with E-state index in [1.54, 1.807) is 7.11 Å². The number of nitrogens with one attached hydrogen (secondary N) is 1. The molecule has 0 saturated heterocycles. The maximum atomic E-state index is 5.77. The molecule has 4 nitrogen and oxygen atoms in total. The van der Waals surface area contributed by atoms with Gasteiger partial charge in [0.05, 0.1) is 12.8 Å². The Morgan fingerprint density at radius 1 is 1.05 bits per heavy atom. The van der Waals surface area contributed by atoms with Crippen LogP contribution in [-0.4, -0.2) is 12.1 Å². The molecule has 0 unspecified atom stereocenters. The Morgan fingerprint density at radius 2 is 1.90 bits per heavy atom. The van der Waals surface area contributed by atoms with Crippen molar-refractivity contribution in [3.63, 3.8) is 0 Å². The fourth-order valence-corrected chi connectivity index (χ4v) is 2.14. The van der Waals surface area contributed by atoms with E-state index < -0.39 is 0 Å². The summed E-state index contributed by atoms with van der Waals surface area (Å²) in [6.07, 6.45) is 0. The van der Waals surface area contributed by atoms with Crippen LogP contribution >= 0.6 is 0 Å². The molecule has 0 radical (unpaired) electrons. The van der Waals surface area contributed by atoms with E-state index in [1.807, 2.05) is 48.5 Å². The van der Waals surface area contributed by atoms with Gasteiger partial charge in [-0.25, -0.2) is 0 Å². The first-order valence-electron chi connectivity index (χ1n) is 6.38. The van der Waals surface area contributed by atoms with Crippen molar-refractivity contribution < 1.29 is 9.47 Å². The largest absolute Gasteiger partial charge is 0.497 e. The molecule has 4 heteroatoms. The minimum atomic E-state index is 0.474. The third kappa shape index (κ3) is 2.54. The number of rotatable bonds is 4. The number of aromatic nitrogens is 1. The second kappa shape index (κ2) is 5.17. The first-order valence-corrected chi connectivity index (χ1v) is 6.38. The molecule has 1 heterocycles. The van der Waals surface area contributed by atoms with Crippen molar-refractivity contribution in [1.82, 2.24) is 4.98 Å². The first kappa shape index (κ1) is 12.4.